The summed E-state index contributed by atoms with van der Waals surface area (Å²) in [5, 5.41) is 25.6. The molecule has 0 radical (unpaired) electrons. The number of hydrogen-bond donors (Lipinski definition) is 11. The number of nitrogens with one attached hydrogen (secondary N) is 3. The maximum atomic E-state index is 11.1. The molecule has 542 valence electrons. The normalized spacial score (nSPS) is 9.82. The van der Waals surface area contributed by atoms with E-state index in [4.69, 9.17) is 84.8 Å². The second-order valence-corrected chi connectivity index (χ2v) is 18.6. The molecule has 0 aromatic carbocycles. The molecule has 0 saturated heterocycles. The van der Waals surface area contributed by atoms with E-state index in [-0.39, 0.29) is 36.5 Å². The second kappa shape index (κ2) is 50.3. The molecular weight excluding hydrogens is 1280 g/mol. The van der Waals surface area contributed by atoms with Gasteiger partial charge in [0.1, 0.15) is 46.4 Å². The summed E-state index contributed by atoms with van der Waals surface area (Å²) in [6.07, 6.45) is 0. The number of ether oxygens (including phenoxy) is 3. The van der Waals surface area contributed by atoms with Gasteiger partial charge in [-0.25, -0.2) is 45.8 Å². The molecule has 1 amide bonds. The Balaban J connectivity index is -0.000000323. The number of hydrazine groups is 2. The minimum absolute atomic E-state index is 0. The molecule has 0 aliphatic heterocycles. The summed E-state index contributed by atoms with van der Waals surface area (Å²) in [4.78, 5) is 121. The number of carbonyl (C=O) groups is 9. The van der Waals surface area contributed by atoms with Crippen LogP contribution in [0.5, 0.6) is 0 Å². The number of nitrogens with zero attached hydrogens (tertiary/aromatic N) is 8. The van der Waals surface area contributed by atoms with Crippen molar-refractivity contribution in [2.24, 2.45) is 17.4 Å². The molecule has 38 heteroatoms. The Morgan fingerprint density at radius 2 is 0.784 bits per heavy atom. The number of rotatable bonds is 12. The third-order valence-corrected chi connectivity index (χ3v) is 9.99. The Morgan fingerprint density at radius 1 is 0.474 bits per heavy atom. The molecule has 7 rings (SSSR count). The van der Waals surface area contributed by atoms with Gasteiger partial charge in [-0.15, -0.1) is 0 Å². The van der Waals surface area contributed by atoms with Crippen LogP contribution in [0.1, 0.15) is 164 Å². The molecular formula is C59H95N17O21. The van der Waals surface area contributed by atoms with E-state index in [9.17, 15) is 38.4 Å². The van der Waals surface area contributed by atoms with Crippen LogP contribution in [0.25, 0.3) is 0 Å². The Bertz CT molecular complexity index is 3370. The lowest BCUT2D eigenvalue weighted by Gasteiger charge is -2.12. The average Bonchev–Trinajstić information content (AvgIpc) is 1.72. The fourth-order valence-electron chi connectivity index (χ4n) is 5.85. The van der Waals surface area contributed by atoms with Crippen LogP contribution in [0.4, 0.5) is 23.3 Å². The molecule has 0 saturated carbocycles. The molecule has 2 unspecified atom stereocenters. The highest BCUT2D eigenvalue weighted by atomic mass is 16.5. The van der Waals surface area contributed by atoms with Gasteiger partial charge < -0.3 is 94.9 Å². The molecule has 2 atom stereocenters. The van der Waals surface area contributed by atoms with Gasteiger partial charge in [-0.05, 0) is 90.0 Å². The fraction of sp³-hybridized carbons (Fsp3) is 0.475. The predicted octanol–water partition coefficient (Wildman–Crippen LogP) is 6.42. The van der Waals surface area contributed by atoms with E-state index in [0.29, 0.717) is 88.3 Å². The molecule has 0 bridgehead atoms. The van der Waals surface area contributed by atoms with Crippen LogP contribution >= 0.6 is 0 Å². The molecule has 0 spiro atoms. The lowest BCUT2D eigenvalue weighted by Crippen LogP contribution is -2.45. The van der Waals surface area contributed by atoms with Crippen molar-refractivity contribution in [1.29, 1.82) is 5.26 Å². The number of hydrogen-bond acceptors (Lipinski definition) is 35. The van der Waals surface area contributed by atoms with Crippen LogP contribution in [-0.2, 0) is 47.8 Å². The van der Waals surface area contributed by atoms with Gasteiger partial charge in [-0.1, -0.05) is 0 Å². The number of aliphatic carboxylic acids is 1. The Labute approximate surface area is 560 Å². The minimum Gasteiger partial charge on any atom is -0.481 e. The first-order valence-corrected chi connectivity index (χ1v) is 28.3. The van der Waals surface area contributed by atoms with E-state index in [0.717, 1.165) is 35.8 Å². The van der Waals surface area contributed by atoms with Crippen molar-refractivity contribution >= 4 is 76.4 Å². The third kappa shape index (κ3) is 43.4. The van der Waals surface area contributed by atoms with Crippen molar-refractivity contribution in [1.82, 2.24) is 46.4 Å². The van der Waals surface area contributed by atoms with E-state index in [1.165, 1.54) is 33.8 Å². The lowest BCUT2D eigenvalue weighted by atomic mass is 10.2. The van der Waals surface area contributed by atoms with E-state index >= 15 is 0 Å². The number of carbonyl (C=O) groups excluding carboxylic acids is 7. The van der Waals surface area contributed by atoms with Crippen LogP contribution in [-0.4, -0.2) is 130 Å². The van der Waals surface area contributed by atoms with Gasteiger partial charge >= 0.3 is 23.9 Å². The zero-order chi connectivity index (χ0) is 75.4. The highest BCUT2D eigenvalue weighted by Crippen LogP contribution is 2.14. The number of amides is 1. The topological polar surface area (TPSA) is 629 Å². The number of carboxylic acids is 2. The number of ketones is 3. The summed E-state index contributed by atoms with van der Waals surface area (Å²) >= 11 is 0. The predicted molar refractivity (Wildman–Crippen MR) is 349 cm³/mol. The summed E-state index contributed by atoms with van der Waals surface area (Å²) in [5.41, 5.74) is 21.9. The molecule has 7 aromatic rings. The average molecular weight is 1380 g/mol. The van der Waals surface area contributed by atoms with E-state index in [2.05, 4.69) is 60.5 Å². The summed E-state index contributed by atoms with van der Waals surface area (Å²) in [6, 6.07) is -0.891. The first kappa shape index (κ1) is 94.5. The molecule has 7 heterocycles. The van der Waals surface area contributed by atoms with E-state index < -0.39 is 59.4 Å². The number of anilines is 4. The molecule has 7 aromatic heterocycles. The van der Waals surface area contributed by atoms with Gasteiger partial charge in [0.15, 0.2) is 99.5 Å². The summed E-state index contributed by atoms with van der Waals surface area (Å²) < 4.78 is 48.9. The van der Waals surface area contributed by atoms with Crippen LogP contribution in [0, 0.1) is 115 Å². The van der Waals surface area contributed by atoms with E-state index in [1.54, 1.807) is 104 Å². The molecule has 38 nitrogen and oxygen atoms in total. The largest absolute Gasteiger partial charge is 0.481 e. The first-order chi connectivity index (χ1) is 44.4. The number of aromatic carboxylic acids is 1. The van der Waals surface area contributed by atoms with Gasteiger partial charge in [0.25, 0.3) is 5.97 Å². The van der Waals surface area contributed by atoms with Crippen LogP contribution in [0.15, 0.2) is 30.9 Å². The smallest absolute Gasteiger partial charge is 0.360 e. The van der Waals surface area contributed by atoms with Gasteiger partial charge in [0.05, 0.1) is 25.5 Å². The molecule has 18 N–H and O–H groups in total. The molecule has 0 aliphatic rings. The standard InChI is InChI=1S/C8H13NO4.C8H11NO3.C6H7NO3.C6H11NO3.C6H9NO.2C5H9N3O.2C5H8N2O.C3H3NO.C2H4O2.H3N/c1-4-13-8(12)7(5(2)10)9-6(3)11;1-4-11-8(10)7-5(2)12-6(3)9-7;1-3-5(6(8)9)7-4(2)10-3;1-3-10-6(9)5(7)4(2)8;1-4-5(2)8-6(3)7-4;2*1-3-5(8-6)7-4(2)9-3;2*1-3-5(6)7-4(2)8-3;1-3(5)2-4;1-2(3)4;/h7H,4H2,1-3H3,(H,9,11);4H2,1-3H3;1-2H3,(H,8,9);5H,3,7H2,1-2H3;1-3H3;2*8H,6H2,1-2H3;2*6H2,1-2H3;1H3;1H3,(H,3,4);1H3. The van der Waals surface area contributed by atoms with Crippen LogP contribution in [0.3, 0.4) is 0 Å². The fourth-order valence-corrected chi connectivity index (χ4v) is 5.85. The quantitative estimate of drug-likeness (QED) is 0.0157. The van der Waals surface area contributed by atoms with Gasteiger partial charge in [-0.3, -0.25) is 24.0 Å². The number of nitrogens with two attached hydrogens (primary N) is 5. The van der Waals surface area contributed by atoms with Crippen molar-refractivity contribution in [3.05, 3.63) is 98.6 Å². The zero-order valence-corrected chi connectivity index (χ0v) is 59.1. The van der Waals surface area contributed by atoms with Crippen molar-refractivity contribution < 1.29 is 98.5 Å². The number of aromatic nitrogens is 7. The first-order valence-electron chi connectivity index (χ1n) is 28.3. The van der Waals surface area contributed by atoms with Crippen molar-refractivity contribution in [3.63, 3.8) is 0 Å². The Hall–Kier alpha value is -11.2. The summed E-state index contributed by atoms with van der Waals surface area (Å²) in [5.74, 6) is 15.7. The van der Waals surface area contributed by atoms with E-state index in [1.807, 2.05) is 20.8 Å². The number of aryl methyl sites for hydroxylation is 15. The number of esters is 3. The Morgan fingerprint density at radius 3 is 0.959 bits per heavy atom. The molecule has 97 heavy (non-hydrogen) atoms. The number of nitrogen functional groups attached to an aromatic ring is 4. The van der Waals surface area contributed by atoms with Crippen molar-refractivity contribution in [3.8, 4) is 6.07 Å². The lowest BCUT2D eigenvalue weighted by molar-refractivity contribution is -0.150. The third-order valence-electron chi connectivity index (χ3n) is 9.99. The monoisotopic (exact) mass is 1380 g/mol. The number of Topliss-reactive ketones (excluding diaryl/α,β-unsaturated/α-hetero) is 3. The summed E-state index contributed by atoms with van der Waals surface area (Å²) in [6.45, 7) is 38.3. The number of carboxylic acid groups (broad SMARTS) is 2. The van der Waals surface area contributed by atoms with Gasteiger partial charge in [-0.2, -0.15) is 25.2 Å². The summed E-state index contributed by atoms with van der Waals surface area (Å²) in [7, 11) is 0. The number of nitriles is 1. The highest BCUT2D eigenvalue weighted by Gasteiger charge is 2.25. The maximum absolute atomic E-state index is 11.1. The van der Waals surface area contributed by atoms with Crippen molar-refractivity contribution in [2.75, 3.05) is 42.1 Å². The Kier molecular flexibility index (Phi) is 49.1. The molecule has 0 aliphatic carbocycles. The SMILES string of the molecule is CC(=O)C#N.CC(=O)O.CCOC(=O)C(N)C(C)=O.CCOC(=O)C(NC(C)=O)C(C)=O.CCOC(=O)c1nc(C)oc1C.Cc1nc(C(=O)O)c(C)o1.Cc1nc(C)c(C)o1.Cc1nc(N)c(C)o1.Cc1nc(N)c(C)o1.Cc1nc(NN)c(C)o1.Cc1nc(NN)c(C)o1.N. The van der Waals surface area contributed by atoms with Gasteiger partial charge in [0.2, 0.25) is 11.7 Å². The number of oxazole rings is 7. The van der Waals surface area contributed by atoms with Crippen LogP contribution < -0.4 is 51.2 Å². The maximum Gasteiger partial charge on any atom is 0.360 e. The molecule has 0 fully saturated rings. The highest BCUT2D eigenvalue weighted by molar-refractivity contribution is 6.04. The van der Waals surface area contributed by atoms with Gasteiger partial charge in [0, 0.05) is 69.2 Å². The van der Waals surface area contributed by atoms with Crippen LogP contribution in [0.2, 0.25) is 0 Å². The van der Waals surface area contributed by atoms with Crippen molar-refractivity contribution in [2.45, 2.75) is 171 Å². The second-order valence-electron chi connectivity index (χ2n) is 18.6. The zero-order valence-electron chi connectivity index (χ0n) is 59.1. The minimum atomic E-state index is -1.17.